The summed E-state index contributed by atoms with van der Waals surface area (Å²) in [6.45, 7) is 5.40. The predicted molar refractivity (Wildman–Crippen MR) is 61.2 cm³/mol. The highest BCUT2D eigenvalue weighted by Crippen LogP contribution is 2.16. The normalized spacial score (nSPS) is 31.6. The fourth-order valence-electron chi connectivity index (χ4n) is 2.45. The van der Waals surface area contributed by atoms with Gasteiger partial charge in [-0.25, -0.2) is 0 Å². The molecule has 5 nitrogen and oxygen atoms in total. The van der Waals surface area contributed by atoms with Crippen LogP contribution >= 0.6 is 0 Å². The first-order valence-electron chi connectivity index (χ1n) is 6.05. The second-order valence-corrected chi connectivity index (χ2v) is 4.56. The maximum Gasteiger partial charge on any atom is 0.238 e. The van der Waals surface area contributed by atoms with Gasteiger partial charge in [0, 0.05) is 39.8 Å². The van der Waals surface area contributed by atoms with Crippen LogP contribution in [-0.2, 0) is 9.53 Å². The van der Waals surface area contributed by atoms with Gasteiger partial charge in [0.2, 0.25) is 5.91 Å². The van der Waals surface area contributed by atoms with E-state index in [1.54, 1.807) is 7.05 Å². The second-order valence-electron chi connectivity index (χ2n) is 4.56. The smallest absolute Gasteiger partial charge is 0.238 e. The van der Waals surface area contributed by atoms with Crippen molar-refractivity contribution in [2.24, 2.45) is 5.92 Å². The highest BCUT2D eigenvalue weighted by Gasteiger charge is 2.30. The minimum Gasteiger partial charge on any atom is -0.381 e. The van der Waals surface area contributed by atoms with Gasteiger partial charge in [0.05, 0.1) is 6.61 Å². The number of likely N-dealkylation sites (N-methyl/N-ethyl adjacent to an activating group) is 1. The molecule has 2 fully saturated rings. The van der Waals surface area contributed by atoms with Gasteiger partial charge >= 0.3 is 0 Å². The Balaban J connectivity index is 1.90. The van der Waals surface area contributed by atoms with E-state index < -0.39 is 0 Å². The Kier molecular flexibility index (Phi) is 4.15. The third-order valence-corrected chi connectivity index (χ3v) is 3.42. The standard InChI is InChI=1S/C11H21N3O2/c1-12-11(15)10-6-13-3-4-14(10)7-9-2-5-16-8-9/h9-10,13H,2-8H2,1H3,(H,12,15). The maximum absolute atomic E-state index is 11.7. The van der Waals surface area contributed by atoms with E-state index in [1.807, 2.05) is 0 Å². The van der Waals surface area contributed by atoms with Crippen molar-refractivity contribution in [3.63, 3.8) is 0 Å². The topological polar surface area (TPSA) is 53.6 Å². The van der Waals surface area contributed by atoms with E-state index in [-0.39, 0.29) is 11.9 Å². The molecule has 2 saturated heterocycles. The van der Waals surface area contributed by atoms with Gasteiger partial charge in [-0.05, 0) is 12.3 Å². The number of nitrogens with zero attached hydrogens (tertiary/aromatic N) is 1. The lowest BCUT2D eigenvalue weighted by atomic mass is 10.1. The molecule has 1 amide bonds. The number of carbonyl (C=O) groups is 1. The summed E-state index contributed by atoms with van der Waals surface area (Å²) in [6, 6.07) is -0.0145. The van der Waals surface area contributed by atoms with Crippen molar-refractivity contribution < 1.29 is 9.53 Å². The number of hydrogen-bond donors (Lipinski definition) is 2. The van der Waals surface area contributed by atoms with E-state index in [2.05, 4.69) is 15.5 Å². The maximum atomic E-state index is 11.7. The minimum absolute atomic E-state index is 0.0145. The Hall–Kier alpha value is -0.650. The molecule has 16 heavy (non-hydrogen) atoms. The Bertz CT molecular complexity index is 241. The Morgan fingerprint density at radius 3 is 3.19 bits per heavy atom. The largest absolute Gasteiger partial charge is 0.381 e. The summed E-state index contributed by atoms with van der Waals surface area (Å²) >= 11 is 0. The summed E-state index contributed by atoms with van der Waals surface area (Å²) in [5.74, 6) is 0.719. The van der Waals surface area contributed by atoms with E-state index in [0.29, 0.717) is 5.92 Å². The van der Waals surface area contributed by atoms with Crippen LogP contribution in [-0.4, -0.2) is 63.3 Å². The molecule has 0 spiro atoms. The number of rotatable bonds is 3. The number of nitrogens with one attached hydrogen (secondary N) is 2. The molecule has 0 aromatic heterocycles. The summed E-state index contributed by atoms with van der Waals surface area (Å²) in [6.07, 6.45) is 1.13. The van der Waals surface area contributed by atoms with Crippen molar-refractivity contribution >= 4 is 5.91 Å². The average Bonchev–Trinajstić information content (AvgIpc) is 2.82. The van der Waals surface area contributed by atoms with Crippen LogP contribution in [0.2, 0.25) is 0 Å². The predicted octanol–water partition coefficient (Wildman–Crippen LogP) is -0.957. The van der Waals surface area contributed by atoms with E-state index in [9.17, 15) is 4.79 Å². The van der Waals surface area contributed by atoms with Gasteiger partial charge < -0.3 is 15.4 Å². The van der Waals surface area contributed by atoms with Crippen molar-refractivity contribution in [1.29, 1.82) is 0 Å². The number of amides is 1. The molecule has 0 aromatic rings. The lowest BCUT2D eigenvalue weighted by Gasteiger charge is -2.36. The fourth-order valence-corrected chi connectivity index (χ4v) is 2.45. The number of hydrogen-bond acceptors (Lipinski definition) is 4. The summed E-state index contributed by atoms with van der Waals surface area (Å²) in [4.78, 5) is 14.0. The molecule has 2 rings (SSSR count). The lowest BCUT2D eigenvalue weighted by Crippen LogP contribution is -2.58. The average molecular weight is 227 g/mol. The van der Waals surface area contributed by atoms with E-state index in [4.69, 9.17) is 4.74 Å². The third kappa shape index (κ3) is 2.72. The highest BCUT2D eigenvalue weighted by atomic mass is 16.5. The van der Waals surface area contributed by atoms with Crippen LogP contribution < -0.4 is 10.6 Å². The zero-order chi connectivity index (χ0) is 11.4. The monoisotopic (exact) mass is 227 g/mol. The molecule has 0 bridgehead atoms. The molecule has 0 radical (unpaired) electrons. The van der Waals surface area contributed by atoms with Crippen molar-refractivity contribution in [2.75, 3.05) is 46.4 Å². The molecule has 2 atom stereocenters. The van der Waals surface area contributed by atoms with Gasteiger partial charge in [-0.15, -0.1) is 0 Å². The molecule has 2 aliphatic heterocycles. The second kappa shape index (κ2) is 5.61. The van der Waals surface area contributed by atoms with Crippen LogP contribution in [0.15, 0.2) is 0 Å². The van der Waals surface area contributed by atoms with Crippen molar-refractivity contribution in [3.05, 3.63) is 0 Å². The van der Waals surface area contributed by atoms with Gasteiger partial charge in [0.15, 0.2) is 0 Å². The first-order chi connectivity index (χ1) is 7.81. The molecular formula is C11H21N3O2. The number of carbonyl (C=O) groups excluding carboxylic acids is 1. The van der Waals surface area contributed by atoms with Crippen LogP contribution in [0.5, 0.6) is 0 Å². The van der Waals surface area contributed by atoms with E-state index in [1.165, 1.54) is 0 Å². The summed E-state index contributed by atoms with van der Waals surface area (Å²) < 4.78 is 5.38. The molecule has 0 saturated carbocycles. The first-order valence-corrected chi connectivity index (χ1v) is 6.05. The van der Waals surface area contributed by atoms with Gasteiger partial charge in [0.25, 0.3) is 0 Å². The van der Waals surface area contributed by atoms with Crippen LogP contribution in [0.3, 0.4) is 0 Å². The molecule has 5 heteroatoms. The summed E-state index contributed by atoms with van der Waals surface area (Å²) in [7, 11) is 1.70. The molecule has 92 valence electrons. The number of ether oxygens (including phenoxy) is 1. The molecule has 0 aromatic carbocycles. The van der Waals surface area contributed by atoms with Gasteiger partial charge in [-0.1, -0.05) is 0 Å². The van der Waals surface area contributed by atoms with Crippen molar-refractivity contribution in [2.45, 2.75) is 12.5 Å². The van der Waals surface area contributed by atoms with Gasteiger partial charge in [0.1, 0.15) is 6.04 Å². The van der Waals surface area contributed by atoms with Crippen LogP contribution in [0.25, 0.3) is 0 Å². The molecular weight excluding hydrogens is 206 g/mol. The van der Waals surface area contributed by atoms with E-state index >= 15 is 0 Å². The Labute approximate surface area is 96.5 Å². The summed E-state index contributed by atoms with van der Waals surface area (Å²) in [5, 5.41) is 6.01. The SMILES string of the molecule is CNC(=O)C1CNCCN1CC1CCOC1. The molecule has 0 aliphatic carbocycles. The highest BCUT2D eigenvalue weighted by molar-refractivity contribution is 5.81. The fraction of sp³-hybridized carbons (Fsp3) is 0.909. The lowest BCUT2D eigenvalue weighted by molar-refractivity contribution is -0.126. The van der Waals surface area contributed by atoms with Crippen molar-refractivity contribution in [1.82, 2.24) is 15.5 Å². The molecule has 2 heterocycles. The van der Waals surface area contributed by atoms with E-state index in [0.717, 1.165) is 45.8 Å². The third-order valence-electron chi connectivity index (χ3n) is 3.42. The quantitative estimate of drug-likeness (QED) is 0.652. The van der Waals surface area contributed by atoms with Crippen molar-refractivity contribution in [3.8, 4) is 0 Å². The first kappa shape index (κ1) is 11.8. The zero-order valence-electron chi connectivity index (χ0n) is 9.87. The molecule has 2 unspecified atom stereocenters. The minimum atomic E-state index is -0.0145. The zero-order valence-corrected chi connectivity index (χ0v) is 9.87. The van der Waals surface area contributed by atoms with Crippen LogP contribution in [0, 0.1) is 5.92 Å². The van der Waals surface area contributed by atoms with Gasteiger partial charge in [-0.3, -0.25) is 9.69 Å². The molecule has 2 N–H and O–H groups in total. The Morgan fingerprint density at radius 2 is 2.50 bits per heavy atom. The van der Waals surface area contributed by atoms with Crippen LogP contribution in [0.4, 0.5) is 0 Å². The summed E-state index contributed by atoms with van der Waals surface area (Å²) in [5.41, 5.74) is 0. The molecule has 2 aliphatic rings. The Morgan fingerprint density at radius 1 is 1.62 bits per heavy atom. The van der Waals surface area contributed by atoms with Gasteiger partial charge in [-0.2, -0.15) is 0 Å². The van der Waals surface area contributed by atoms with Crippen LogP contribution in [0.1, 0.15) is 6.42 Å². The number of piperazine rings is 1.